The van der Waals surface area contributed by atoms with Crippen LogP contribution in [0.5, 0.6) is 0 Å². The second-order valence-electron chi connectivity index (χ2n) is 4.70. The van der Waals surface area contributed by atoms with Gasteiger partial charge in [-0.15, -0.1) is 0 Å². The fraction of sp³-hybridized carbons (Fsp3) is 0.462. The quantitative estimate of drug-likeness (QED) is 0.514. The summed E-state index contributed by atoms with van der Waals surface area (Å²) in [6, 6.07) is 2.57. The third kappa shape index (κ3) is 3.39. The van der Waals surface area contributed by atoms with Gasteiger partial charge in [0.05, 0.1) is 9.95 Å². The Hall–Kier alpha value is -1.82. The van der Waals surface area contributed by atoms with Gasteiger partial charge in [0.15, 0.2) is 0 Å². The summed E-state index contributed by atoms with van der Waals surface area (Å²) in [4.78, 5) is 24.1. The van der Waals surface area contributed by atoms with Gasteiger partial charge in [0.25, 0.3) is 11.6 Å². The number of carbonyl (C=O) groups is 1. The number of rotatable bonds is 5. The molecule has 1 rings (SSSR count). The van der Waals surface area contributed by atoms with E-state index in [0.717, 1.165) is 12.8 Å². The van der Waals surface area contributed by atoms with Crippen LogP contribution in [0.2, 0.25) is 5.02 Å². The van der Waals surface area contributed by atoms with Gasteiger partial charge in [-0.3, -0.25) is 14.9 Å². The average molecular weight is 300 g/mol. The maximum atomic E-state index is 12.3. The fourth-order valence-electron chi connectivity index (χ4n) is 1.89. The van der Waals surface area contributed by atoms with Crippen LogP contribution in [0.1, 0.15) is 37.0 Å². The first-order valence-electron chi connectivity index (χ1n) is 6.30. The molecule has 2 N–H and O–H groups in total. The Balaban J connectivity index is 3.14. The van der Waals surface area contributed by atoms with Crippen LogP contribution in [0, 0.1) is 10.1 Å². The van der Waals surface area contributed by atoms with Crippen molar-refractivity contribution in [3.8, 4) is 0 Å². The van der Waals surface area contributed by atoms with Gasteiger partial charge in [-0.1, -0.05) is 24.9 Å². The normalized spacial score (nSPS) is 12.0. The highest BCUT2D eigenvalue weighted by Gasteiger charge is 2.23. The number of nitro benzene ring substituents is 1. The largest absolute Gasteiger partial charge is 0.392 e. The number of amides is 1. The van der Waals surface area contributed by atoms with Crippen LogP contribution >= 0.6 is 11.6 Å². The minimum Gasteiger partial charge on any atom is -0.392 e. The molecule has 0 fully saturated rings. The van der Waals surface area contributed by atoms with E-state index in [-0.39, 0.29) is 33.9 Å². The molecule has 0 aliphatic rings. The topological polar surface area (TPSA) is 89.5 Å². The Morgan fingerprint density at radius 1 is 1.55 bits per heavy atom. The van der Waals surface area contributed by atoms with E-state index in [0.29, 0.717) is 0 Å². The Bertz CT molecular complexity index is 534. The van der Waals surface area contributed by atoms with Crippen molar-refractivity contribution < 1.29 is 9.72 Å². The number of nitrogen functional groups attached to an aromatic ring is 1. The molecule has 0 saturated carbocycles. The highest BCUT2D eigenvalue weighted by Crippen LogP contribution is 2.31. The first-order valence-corrected chi connectivity index (χ1v) is 6.67. The molecule has 1 amide bonds. The van der Waals surface area contributed by atoms with E-state index in [1.165, 1.54) is 12.1 Å². The van der Waals surface area contributed by atoms with Gasteiger partial charge < -0.3 is 10.6 Å². The van der Waals surface area contributed by atoms with Crippen molar-refractivity contribution in [2.24, 2.45) is 0 Å². The number of nitro groups is 1. The van der Waals surface area contributed by atoms with Gasteiger partial charge in [0, 0.05) is 24.7 Å². The van der Waals surface area contributed by atoms with Crippen molar-refractivity contribution in [3.63, 3.8) is 0 Å². The van der Waals surface area contributed by atoms with Crippen LogP contribution in [-0.4, -0.2) is 28.8 Å². The summed E-state index contributed by atoms with van der Waals surface area (Å²) >= 11 is 5.85. The zero-order valence-electron chi connectivity index (χ0n) is 11.7. The van der Waals surface area contributed by atoms with E-state index < -0.39 is 4.92 Å². The van der Waals surface area contributed by atoms with E-state index in [1.54, 1.807) is 11.9 Å². The molecule has 0 aromatic heterocycles. The highest BCUT2D eigenvalue weighted by molar-refractivity contribution is 6.34. The van der Waals surface area contributed by atoms with Gasteiger partial charge in [0.2, 0.25) is 0 Å². The van der Waals surface area contributed by atoms with Gasteiger partial charge in [0.1, 0.15) is 5.69 Å². The molecule has 0 heterocycles. The van der Waals surface area contributed by atoms with E-state index in [2.05, 4.69) is 0 Å². The Kier molecular flexibility index (Phi) is 5.33. The predicted molar refractivity (Wildman–Crippen MR) is 79.0 cm³/mol. The standard InChI is InChI=1S/C13H18ClN3O3/c1-4-5-8(2)16(3)13(18)9-6-10(14)12(15)11(7-9)17(19)20/h6-8H,4-5,15H2,1-3H3. The average Bonchev–Trinajstić information content (AvgIpc) is 2.39. The molecular weight excluding hydrogens is 282 g/mol. The van der Waals surface area contributed by atoms with Gasteiger partial charge >= 0.3 is 0 Å². The van der Waals surface area contributed by atoms with Crippen molar-refractivity contribution in [1.29, 1.82) is 0 Å². The molecule has 0 radical (unpaired) electrons. The zero-order valence-corrected chi connectivity index (χ0v) is 12.5. The molecule has 20 heavy (non-hydrogen) atoms. The first-order chi connectivity index (χ1) is 9.29. The van der Waals surface area contributed by atoms with Gasteiger partial charge in [-0.2, -0.15) is 0 Å². The van der Waals surface area contributed by atoms with Gasteiger partial charge in [-0.25, -0.2) is 0 Å². The SMILES string of the molecule is CCCC(C)N(C)C(=O)c1cc(Cl)c(N)c([N+](=O)[O-])c1. The van der Waals surface area contributed by atoms with Crippen molar-refractivity contribution in [1.82, 2.24) is 4.90 Å². The lowest BCUT2D eigenvalue weighted by molar-refractivity contribution is -0.383. The van der Waals surface area contributed by atoms with Gasteiger partial charge in [-0.05, 0) is 19.4 Å². The predicted octanol–water partition coefficient (Wildman–Crippen LogP) is 3.09. The first kappa shape index (κ1) is 16.2. The second-order valence-corrected chi connectivity index (χ2v) is 5.11. The number of anilines is 1. The Morgan fingerprint density at radius 3 is 2.65 bits per heavy atom. The third-order valence-electron chi connectivity index (χ3n) is 3.24. The van der Waals surface area contributed by atoms with Crippen molar-refractivity contribution in [2.45, 2.75) is 32.7 Å². The van der Waals surface area contributed by atoms with Crippen molar-refractivity contribution in [2.75, 3.05) is 12.8 Å². The van der Waals surface area contributed by atoms with Crippen LogP contribution in [-0.2, 0) is 0 Å². The molecule has 1 aromatic carbocycles. The second kappa shape index (κ2) is 6.56. The van der Waals surface area contributed by atoms with Crippen LogP contribution in [0.3, 0.4) is 0 Å². The molecule has 7 heteroatoms. The number of halogens is 1. The lowest BCUT2D eigenvalue weighted by atomic mass is 10.1. The maximum absolute atomic E-state index is 12.3. The molecule has 1 aromatic rings. The monoisotopic (exact) mass is 299 g/mol. The lowest BCUT2D eigenvalue weighted by Crippen LogP contribution is -2.35. The summed E-state index contributed by atoms with van der Waals surface area (Å²) in [6.45, 7) is 3.95. The zero-order chi connectivity index (χ0) is 15.4. The number of benzene rings is 1. The molecule has 0 aliphatic heterocycles. The van der Waals surface area contributed by atoms with Crippen LogP contribution in [0.4, 0.5) is 11.4 Å². The third-order valence-corrected chi connectivity index (χ3v) is 3.55. The number of hydrogen-bond acceptors (Lipinski definition) is 4. The van der Waals surface area contributed by atoms with E-state index in [4.69, 9.17) is 17.3 Å². The highest BCUT2D eigenvalue weighted by atomic mass is 35.5. The summed E-state index contributed by atoms with van der Waals surface area (Å²) < 4.78 is 0. The van der Waals surface area contributed by atoms with Crippen LogP contribution < -0.4 is 5.73 Å². The van der Waals surface area contributed by atoms with E-state index >= 15 is 0 Å². The van der Waals surface area contributed by atoms with E-state index in [1.807, 2.05) is 13.8 Å². The summed E-state index contributed by atoms with van der Waals surface area (Å²) in [5.74, 6) is -0.309. The Morgan fingerprint density at radius 2 is 2.15 bits per heavy atom. The molecule has 1 atom stereocenters. The minimum absolute atomic E-state index is 0.0131. The lowest BCUT2D eigenvalue weighted by Gasteiger charge is -2.24. The number of nitrogens with zero attached hydrogens (tertiary/aromatic N) is 2. The summed E-state index contributed by atoms with van der Waals surface area (Å²) in [6.07, 6.45) is 1.80. The molecule has 1 unspecified atom stereocenters. The molecule has 6 nitrogen and oxygen atoms in total. The minimum atomic E-state index is -0.645. The summed E-state index contributed by atoms with van der Waals surface area (Å²) in [5.41, 5.74) is 5.23. The summed E-state index contributed by atoms with van der Waals surface area (Å²) in [7, 11) is 1.67. The number of carbonyl (C=O) groups excluding carboxylic acids is 1. The molecule has 0 saturated heterocycles. The van der Waals surface area contributed by atoms with Crippen molar-refractivity contribution in [3.05, 3.63) is 32.8 Å². The smallest absolute Gasteiger partial charge is 0.294 e. The number of hydrogen-bond donors (Lipinski definition) is 1. The molecule has 110 valence electrons. The summed E-state index contributed by atoms with van der Waals surface area (Å²) in [5, 5.41) is 10.9. The van der Waals surface area contributed by atoms with E-state index in [9.17, 15) is 14.9 Å². The molecule has 0 aliphatic carbocycles. The molecule has 0 spiro atoms. The fourth-order valence-corrected chi connectivity index (χ4v) is 2.11. The van der Waals surface area contributed by atoms with Crippen LogP contribution in [0.25, 0.3) is 0 Å². The molecule has 0 bridgehead atoms. The Labute approximate surface area is 122 Å². The van der Waals surface area contributed by atoms with Crippen molar-refractivity contribution >= 4 is 28.9 Å². The molecular formula is C13H18ClN3O3. The number of nitrogens with two attached hydrogens (primary N) is 1. The maximum Gasteiger partial charge on any atom is 0.294 e. The van der Waals surface area contributed by atoms with Crippen LogP contribution in [0.15, 0.2) is 12.1 Å².